The SMILES string of the molecule is COc1ccc([N+](=O)[O-])cc1CN1CCC(N(C)CC(=O)O)CC1.Cl. The first-order valence-electron chi connectivity index (χ1n) is 7.86. The molecule has 0 aromatic heterocycles. The number of hydrogen-bond donors (Lipinski definition) is 1. The summed E-state index contributed by atoms with van der Waals surface area (Å²) in [5.74, 6) is -0.174. The average Bonchev–Trinajstić information content (AvgIpc) is 2.54. The Morgan fingerprint density at radius 1 is 1.44 bits per heavy atom. The number of halogens is 1. The third-order valence-corrected chi connectivity index (χ3v) is 4.43. The molecule has 0 aliphatic carbocycles. The van der Waals surface area contributed by atoms with Gasteiger partial charge in [-0.15, -0.1) is 12.4 Å². The minimum atomic E-state index is -0.818. The van der Waals surface area contributed by atoms with Gasteiger partial charge in [0, 0.05) is 30.3 Å². The summed E-state index contributed by atoms with van der Waals surface area (Å²) in [6.07, 6.45) is 1.75. The number of ether oxygens (including phenoxy) is 1. The predicted molar refractivity (Wildman–Crippen MR) is 95.5 cm³/mol. The van der Waals surface area contributed by atoms with Crippen molar-refractivity contribution in [2.24, 2.45) is 0 Å². The number of aliphatic carboxylic acids is 1. The Bertz CT molecular complexity index is 605. The predicted octanol–water partition coefficient (Wildman–Crippen LogP) is 2.01. The minimum Gasteiger partial charge on any atom is -0.496 e. The van der Waals surface area contributed by atoms with E-state index in [1.165, 1.54) is 6.07 Å². The van der Waals surface area contributed by atoms with Gasteiger partial charge in [-0.3, -0.25) is 24.7 Å². The van der Waals surface area contributed by atoms with Crippen LogP contribution < -0.4 is 4.74 Å². The normalized spacial score (nSPS) is 15.6. The van der Waals surface area contributed by atoms with Crippen LogP contribution in [0.1, 0.15) is 18.4 Å². The number of nitro groups is 1. The number of carboxylic acid groups (broad SMARTS) is 1. The summed E-state index contributed by atoms with van der Waals surface area (Å²) in [5, 5.41) is 19.8. The molecule has 8 nitrogen and oxygen atoms in total. The number of rotatable bonds is 7. The van der Waals surface area contributed by atoms with Gasteiger partial charge in [0.25, 0.3) is 5.69 Å². The number of carboxylic acids is 1. The van der Waals surface area contributed by atoms with E-state index in [1.807, 2.05) is 11.9 Å². The molecule has 1 fully saturated rings. The van der Waals surface area contributed by atoms with Gasteiger partial charge in [-0.25, -0.2) is 0 Å². The highest BCUT2D eigenvalue weighted by atomic mass is 35.5. The summed E-state index contributed by atoms with van der Waals surface area (Å²) in [4.78, 5) is 25.4. The molecule has 0 bridgehead atoms. The molecule has 1 aromatic rings. The first-order valence-corrected chi connectivity index (χ1v) is 7.86. The molecule has 1 aromatic carbocycles. The number of non-ortho nitro benzene ring substituents is 1. The van der Waals surface area contributed by atoms with Gasteiger partial charge in [0.15, 0.2) is 0 Å². The number of carbonyl (C=O) groups is 1. The minimum absolute atomic E-state index is 0. The maximum absolute atomic E-state index is 10.9. The Kier molecular flexibility index (Phi) is 8.08. The van der Waals surface area contributed by atoms with Gasteiger partial charge in [0.1, 0.15) is 5.75 Å². The van der Waals surface area contributed by atoms with E-state index in [2.05, 4.69) is 4.90 Å². The Morgan fingerprint density at radius 3 is 2.60 bits per heavy atom. The molecule has 25 heavy (non-hydrogen) atoms. The van der Waals surface area contributed by atoms with Gasteiger partial charge in [0.05, 0.1) is 18.6 Å². The summed E-state index contributed by atoms with van der Waals surface area (Å²) in [6.45, 7) is 2.27. The Morgan fingerprint density at radius 2 is 2.08 bits per heavy atom. The van der Waals surface area contributed by atoms with Crippen molar-refractivity contribution in [3.05, 3.63) is 33.9 Å². The van der Waals surface area contributed by atoms with Crippen LogP contribution >= 0.6 is 12.4 Å². The van der Waals surface area contributed by atoms with Crippen LogP contribution in [0.5, 0.6) is 5.75 Å². The first-order chi connectivity index (χ1) is 11.4. The highest BCUT2D eigenvalue weighted by Gasteiger charge is 2.24. The van der Waals surface area contributed by atoms with Crippen molar-refractivity contribution >= 4 is 24.1 Å². The maximum Gasteiger partial charge on any atom is 0.317 e. The van der Waals surface area contributed by atoms with Gasteiger partial charge in [-0.1, -0.05) is 0 Å². The van der Waals surface area contributed by atoms with E-state index in [0.29, 0.717) is 12.3 Å². The fourth-order valence-electron chi connectivity index (χ4n) is 3.10. The van der Waals surface area contributed by atoms with Crippen LogP contribution in [0.25, 0.3) is 0 Å². The molecule has 0 amide bonds. The molecule has 1 aliphatic rings. The zero-order valence-electron chi connectivity index (χ0n) is 14.4. The largest absolute Gasteiger partial charge is 0.496 e. The Balaban J connectivity index is 0.00000312. The highest BCUT2D eigenvalue weighted by Crippen LogP contribution is 2.26. The van der Waals surface area contributed by atoms with E-state index >= 15 is 0 Å². The quantitative estimate of drug-likeness (QED) is 0.576. The maximum atomic E-state index is 10.9. The van der Waals surface area contributed by atoms with Crippen LogP contribution in [0.15, 0.2) is 18.2 Å². The summed E-state index contributed by atoms with van der Waals surface area (Å²) in [7, 11) is 3.38. The average molecular weight is 374 g/mol. The van der Waals surface area contributed by atoms with Gasteiger partial charge in [-0.05, 0) is 39.0 Å². The lowest BCUT2D eigenvalue weighted by atomic mass is 10.0. The van der Waals surface area contributed by atoms with Crippen molar-refractivity contribution in [1.82, 2.24) is 9.80 Å². The standard InChI is InChI=1S/C16H23N3O5.ClH/c1-17(11-16(20)21)13-5-7-18(8-6-13)10-12-9-14(19(22)23)3-4-15(12)24-2;/h3-4,9,13H,5-8,10-11H2,1-2H3,(H,20,21);1H. The lowest BCUT2D eigenvalue weighted by Gasteiger charge is -2.36. The smallest absolute Gasteiger partial charge is 0.317 e. The molecule has 2 rings (SSSR count). The molecule has 140 valence electrons. The van der Waals surface area contributed by atoms with Gasteiger partial charge < -0.3 is 9.84 Å². The Hall–Kier alpha value is -1.90. The third-order valence-electron chi connectivity index (χ3n) is 4.43. The topological polar surface area (TPSA) is 96.2 Å². The number of nitro benzene ring substituents is 1. The number of hydrogen-bond acceptors (Lipinski definition) is 6. The lowest BCUT2D eigenvalue weighted by Crippen LogP contribution is -2.44. The van der Waals surface area contributed by atoms with E-state index in [1.54, 1.807) is 19.2 Å². The van der Waals surface area contributed by atoms with Crippen LogP contribution in [0, 0.1) is 10.1 Å². The molecule has 0 saturated carbocycles. The number of piperidine rings is 1. The molecular weight excluding hydrogens is 350 g/mol. The van der Waals surface area contributed by atoms with Crippen LogP contribution in [-0.2, 0) is 11.3 Å². The number of likely N-dealkylation sites (N-methyl/N-ethyl adjacent to an activating group) is 1. The third kappa shape index (κ3) is 5.84. The van der Waals surface area contributed by atoms with E-state index in [0.717, 1.165) is 31.5 Å². The molecule has 1 heterocycles. The molecule has 0 unspecified atom stereocenters. The van der Waals surface area contributed by atoms with E-state index < -0.39 is 10.9 Å². The van der Waals surface area contributed by atoms with Gasteiger partial charge in [0.2, 0.25) is 0 Å². The van der Waals surface area contributed by atoms with Crippen molar-refractivity contribution in [2.75, 3.05) is 33.8 Å². The number of likely N-dealkylation sites (tertiary alicyclic amines) is 1. The Labute approximate surface area is 152 Å². The van der Waals surface area contributed by atoms with Crippen LogP contribution in [0.2, 0.25) is 0 Å². The zero-order chi connectivity index (χ0) is 17.7. The molecule has 1 N–H and O–H groups in total. The van der Waals surface area contributed by atoms with Crippen LogP contribution in [0.3, 0.4) is 0 Å². The van der Waals surface area contributed by atoms with Crippen molar-refractivity contribution in [3.8, 4) is 5.75 Å². The van der Waals surface area contributed by atoms with E-state index in [4.69, 9.17) is 9.84 Å². The second kappa shape index (κ2) is 9.55. The second-order valence-corrected chi connectivity index (χ2v) is 6.07. The van der Waals surface area contributed by atoms with Gasteiger partial charge in [-0.2, -0.15) is 0 Å². The molecule has 0 atom stereocenters. The lowest BCUT2D eigenvalue weighted by molar-refractivity contribution is -0.385. The van der Waals surface area contributed by atoms with Crippen molar-refractivity contribution in [2.45, 2.75) is 25.4 Å². The van der Waals surface area contributed by atoms with Gasteiger partial charge >= 0.3 is 5.97 Å². The highest BCUT2D eigenvalue weighted by molar-refractivity contribution is 5.85. The summed E-state index contributed by atoms with van der Waals surface area (Å²) >= 11 is 0. The van der Waals surface area contributed by atoms with Crippen molar-refractivity contribution < 1.29 is 19.6 Å². The number of benzene rings is 1. The van der Waals surface area contributed by atoms with Crippen molar-refractivity contribution in [1.29, 1.82) is 0 Å². The fraction of sp³-hybridized carbons (Fsp3) is 0.562. The molecule has 9 heteroatoms. The van der Waals surface area contributed by atoms with E-state index in [9.17, 15) is 14.9 Å². The van der Waals surface area contributed by atoms with Crippen LogP contribution in [0.4, 0.5) is 5.69 Å². The first kappa shape index (κ1) is 21.1. The molecular formula is C16H24ClN3O5. The molecule has 0 radical (unpaired) electrons. The van der Waals surface area contributed by atoms with Crippen molar-refractivity contribution in [3.63, 3.8) is 0 Å². The van der Waals surface area contributed by atoms with E-state index in [-0.39, 0.29) is 30.7 Å². The second-order valence-electron chi connectivity index (χ2n) is 6.07. The molecule has 0 spiro atoms. The molecule has 1 aliphatic heterocycles. The monoisotopic (exact) mass is 373 g/mol. The summed E-state index contributed by atoms with van der Waals surface area (Å²) in [6, 6.07) is 4.88. The number of nitrogens with zero attached hydrogens (tertiary/aromatic N) is 3. The zero-order valence-corrected chi connectivity index (χ0v) is 15.2. The summed E-state index contributed by atoms with van der Waals surface area (Å²) < 4.78 is 5.30. The van der Waals surface area contributed by atoms with Crippen LogP contribution in [-0.4, -0.2) is 65.6 Å². The number of methoxy groups -OCH3 is 1. The summed E-state index contributed by atoms with van der Waals surface area (Å²) in [5.41, 5.74) is 0.853. The molecule has 1 saturated heterocycles. The fourth-order valence-corrected chi connectivity index (χ4v) is 3.10.